The molecule has 0 amide bonds. The first-order valence-electron chi connectivity index (χ1n) is 9.73. The fourth-order valence-electron chi connectivity index (χ4n) is 4.27. The van der Waals surface area contributed by atoms with Gasteiger partial charge in [-0.3, -0.25) is 9.78 Å². The van der Waals surface area contributed by atoms with E-state index < -0.39 is 0 Å². The number of fused-ring (bicyclic) bond motifs is 1. The molecule has 5 rings (SSSR count). The third-order valence-corrected chi connectivity index (χ3v) is 5.69. The molecule has 2 aliphatic rings. The Morgan fingerprint density at radius 2 is 1.59 bits per heavy atom. The lowest BCUT2D eigenvalue weighted by atomic mass is 9.78. The topological polar surface area (TPSA) is 54.0 Å². The number of Topliss-reactive ketones (excluding diaryl/α,β-unsaturated/α-hetero) is 1. The van der Waals surface area contributed by atoms with Crippen LogP contribution in [0.4, 0.5) is 15.8 Å². The summed E-state index contributed by atoms with van der Waals surface area (Å²) < 4.78 is 13.4. The second-order valence-corrected chi connectivity index (χ2v) is 7.50. The number of nitrogens with zero attached hydrogens (tertiary/aromatic N) is 1. The highest BCUT2D eigenvalue weighted by Crippen LogP contribution is 2.44. The zero-order valence-electron chi connectivity index (χ0n) is 15.7. The van der Waals surface area contributed by atoms with Gasteiger partial charge in [0.25, 0.3) is 0 Å². The van der Waals surface area contributed by atoms with E-state index in [-0.39, 0.29) is 23.6 Å². The van der Waals surface area contributed by atoms with Gasteiger partial charge in [-0.15, -0.1) is 0 Å². The molecule has 5 heteroatoms. The normalized spacial score (nSPS) is 20.8. The molecule has 0 saturated carbocycles. The number of hydrogen-bond acceptors (Lipinski definition) is 4. The Balaban J connectivity index is 1.60. The minimum absolute atomic E-state index is 0.0257. The fourth-order valence-corrected chi connectivity index (χ4v) is 4.27. The van der Waals surface area contributed by atoms with Crippen LogP contribution >= 0.6 is 0 Å². The summed E-state index contributed by atoms with van der Waals surface area (Å²) >= 11 is 0. The van der Waals surface area contributed by atoms with Gasteiger partial charge < -0.3 is 10.6 Å². The van der Waals surface area contributed by atoms with E-state index in [4.69, 9.17) is 0 Å². The molecule has 1 aliphatic heterocycles. The highest BCUT2D eigenvalue weighted by molar-refractivity contribution is 6.01. The average molecular weight is 385 g/mol. The number of halogens is 1. The Kier molecular flexibility index (Phi) is 4.35. The highest BCUT2D eigenvalue weighted by Gasteiger charge is 2.35. The van der Waals surface area contributed by atoms with Gasteiger partial charge in [0.15, 0.2) is 5.78 Å². The summed E-state index contributed by atoms with van der Waals surface area (Å²) in [4.78, 5) is 17.5. The number of hydrogen-bond donors (Lipinski definition) is 2. The molecular weight excluding hydrogens is 365 g/mol. The number of aromatic nitrogens is 1. The number of anilines is 2. The molecule has 2 atom stereocenters. The minimum Gasteiger partial charge on any atom is -0.372 e. The number of carbonyl (C=O) groups is 1. The Morgan fingerprint density at radius 1 is 0.862 bits per heavy atom. The van der Waals surface area contributed by atoms with Gasteiger partial charge in [0, 0.05) is 30.1 Å². The number of para-hydroxylation sites is 2. The maximum Gasteiger partial charge on any atom is 0.163 e. The van der Waals surface area contributed by atoms with Crippen LogP contribution in [0.5, 0.6) is 0 Å². The lowest BCUT2D eigenvalue weighted by Crippen LogP contribution is -2.26. The predicted molar refractivity (Wildman–Crippen MR) is 111 cm³/mol. The number of carbonyl (C=O) groups excluding carboxylic acids is 1. The van der Waals surface area contributed by atoms with E-state index in [9.17, 15) is 9.18 Å². The van der Waals surface area contributed by atoms with Gasteiger partial charge in [-0.1, -0.05) is 24.3 Å². The minimum atomic E-state index is -0.265. The van der Waals surface area contributed by atoms with Crippen LogP contribution in [0.15, 0.2) is 84.3 Å². The predicted octanol–water partition coefficient (Wildman–Crippen LogP) is 5.20. The van der Waals surface area contributed by atoms with Gasteiger partial charge in [0.2, 0.25) is 0 Å². The van der Waals surface area contributed by atoms with Crippen molar-refractivity contribution in [2.75, 3.05) is 10.6 Å². The van der Waals surface area contributed by atoms with Crippen molar-refractivity contribution in [3.8, 4) is 0 Å². The van der Waals surface area contributed by atoms with Gasteiger partial charge in [0.1, 0.15) is 5.82 Å². The molecule has 2 N–H and O–H groups in total. The van der Waals surface area contributed by atoms with Crippen LogP contribution in [-0.2, 0) is 4.79 Å². The Morgan fingerprint density at radius 3 is 2.34 bits per heavy atom. The molecule has 0 radical (unpaired) electrons. The number of nitrogens with one attached hydrogen (secondary N) is 2. The summed E-state index contributed by atoms with van der Waals surface area (Å²) in [6.45, 7) is 0. The van der Waals surface area contributed by atoms with E-state index in [0.717, 1.165) is 33.8 Å². The van der Waals surface area contributed by atoms with Crippen LogP contribution in [0.1, 0.15) is 35.9 Å². The Labute approximate surface area is 168 Å². The fraction of sp³-hybridized carbons (Fsp3) is 0.167. The lowest BCUT2D eigenvalue weighted by molar-refractivity contribution is -0.116. The number of rotatable bonds is 2. The zero-order chi connectivity index (χ0) is 19.8. The Hall–Kier alpha value is -3.47. The summed E-state index contributed by atoms with van der Waals surface area (Å²) in [5.74, 6) is -0.132. The maximum atomic E-state index is 13.4. The molecule has 144 valence electrons. The number of allylic oxidation sites excluding steroid dienone is 1. The van der Waals surface area contributed by atoms with E-state index in [2.05, 4.69) is 15.6 Å². The van der Waals surface area contributed by atoms with Crippen molar-refractivity contribution in [3.63, 3.8) is 0 Å². The van der Waals surface area contributed by atoms with Crippen molar-refractivity contribution in [3.05, 3.63) is 101 Å². The molecule has 1 aromatic heterocycles. The van der Waals surface area contributed by atoms with Crippen LogP contribution in [0.2, 0.25) is 0 Å². The van der Waals surface area contributed by atoms with Crippen LogP contribution in [0, 0.1) is 5.82 Å². The molecule has 4 nitrogen and oxygen atoms in total. The molecule has 3 aromatic rings. The summed E-state index contributed by atoms with van der Waals surface area (Å²) in [6, 6.07) is 18.1. The second-order valence-electron chi connectivity index (χ2n) is 7.50. The second kappa shape index (κ2) is 7.17. The summed E-state index contributed by atoms with van der Waals surface area (Å²) in [5, 5.41) is 7.06. The highest BCUT2D eigenvalue weighted by atomic mass is 19.1. The first-order valence-corrected chi connectivity index (χ1v) is 9.73. The summed E-state index contributed by atoms with van der Waals surface area (Å²) in [5.41, 5.74) is 5.58. The van der Waals surface area contributed by atoms with Crippen molar-refractivity contribution in [2.24, 2.45) is 0 Å². The first kappa shape index (κ1) is 17.6. The van der Waals surface area contributed by atoms with Crippen LogP contribution in [0.25, 0.3) is 0 Å². The maximum absolute atomic E-state index is 13.4. The molecule has 0 saturated heterocycles. The van der Waals surface area contributed by atoms with Crippen LogP contribution in [-0.4, -0.2) is 10.8 Å². The third-order valence-electron chi connectivity index (χ3n) is 5.69. The lowest BCUT2D eigenvalue weighted by Gasteiger charge is -2.29. The first-order chi connectivity index (χ1) is 14.2. The molecule has 0 bridgehead atoms. The van der Waals surface area contributed by atoms with Crippen molar-refractivity contribution >= 4 is 17.2 Å². The molecule has 0 fully saturated rings. The standard InChI is InChI=1S/C24H20FN3O/c25-18-7-5-15(6-8-18)17-13-21-23(22(29)14-17)24(16-9-11-26-12-10-16)28-20-4-2-1-3-19(20)27-21/h1-12,17,24,27-28H,13-14H2/t17-,24+/m1/s1. The average Bonchev–Trinajstić information content (AvgIpc) is 2.92. The molecule has 0 spiro atoms. The van der Waals surface area contributed by atoms with Gasteiger partial charge in [0.05, 0.1) is 17.4 Å². The van der Waals surface area contributed by atoms with Gasteiger partial charge in [-0.2, -0.15) is 0 Å². The third kappa shape index (κ3) is 3.29. The van der Waals surface area contributed by atoms with E-state index >= 15 is 0 Å². The molecule has 2 aromatic carbocycles. The van der Waals surface area contributed by atoms with E-state index in [1.54, 1.807) is 24.5 Å². The molecule has 1 aliphatic carbocycles. The SMILES string of the molecule is O=C1C[C@H](c2ccc(F)cc2)CC2=C1[C@H](c1ccncc1)Nc1ccccc1N2. The molecule has 29 heavy (non-hydrogen) atoms. The van der Waals surface area contributed by atoms with E-state index in [0.29, 0.717) is 12.8 Å². The number of benzene rings is 2. The molecular formula is C24H20FN3O. The van der Waals surface area contributed by atoms with E-state index in [1.807, 2.05) is 36.4 Å². The van der Waals surface area contributed by atoms with Crippen molar-refractivity contribution < 1.29 is 9.18 Å². The smallest absolute Gasteiger partial charge is 0.163 e. The molecule has 0 unspecified atom stereocenters. The number of pyridine rings is 1. The van der Waals surface area contributed by atoms with Gasteiger partial charge in [-0.05, 0) is 59.9 Å². The van der Waals surface area contributed by atoms with Crippen LogP contribution < -0.4 is 10.6 Å². The molecule has 2 heterocycles. The zero-order valence-corrected chi connectivity index (χ0v) is 15.7. The van der Waals surface area contributed by atoms with Crippen molar-refractivity contribution in [2.45, 2.75) is 24.8 Å². The number of ketones is 1. The monoisotopic (exact) mass is 385 g/mol. The van der Waals surface area contributed by atoms with E-state index in [1.165, 1.54) is 12.1 Å². The van der Waals surface area contributed by atoms with Gasteiger partial charge in [-0.25, -0.2) is 4.39 Å². The quantitative estimate of drug-likeness (QED) is 0.637. The van der Waals surface area contributed by atoms with Crippen molar-refractivity contribution in [1.82, 2.24) is 4.98 Å². The van der Waals surface area contributed by atoms with Gasteiger partial charge >= 0.3 is 0 Å². The van der Waals surface area contributed by atoms with Crippen LogP contribution in [0.3, 0.4) is 0 Å². The summed E-state index contributed by atoms with van der Waals surface area (Å²) in [6.07, 6.45) is 4.60. The summed E-state index contributed by atoms with van der Waals surface area (Å²) in [7, 11) is 0. The Bertz CT molecular complexity index is 1090. The van der Waals surface area contributed by atoms with Crippen molar-refractivity contribution in [1.29, 1.82) is 0 Å². The largest absolute Gasteiger partial charge is 0.372 e.